The quantitative estimate of drug-likeness (QED) is 0.790. The molecule has 0 spiro atoms. The Morgan fingerprint density at radius 3 is 2.80 bits per heavy atom. The van der Waals surface area contributed by atoms with E-state index in [1.165, 1.54) is 4.52 Å². The Kier molecular flexibility index (Phi) is 3.30. The highest BCUT2D eigenvalue weighted by molar-refractivity contribution is 6.42. The smallest absolute Gasteiger partial charge is 0.276 e. The van der Waals surface area contributed by atoms with Crippen LogP contribution in [0.5, 0.6) is 0 Å². The topological polar surface area (TPSA) is 59.3 Å². The third-order valence-electron chi connectivity index (χ3n) is 2.65. The zero-order valence-electron chi connectivity index (χ0n) is 10.0. The van der Waals surface area contributed by atoms with Gasteiger partial charge in [-0.15, -0.1) is 0 Å². The van der Waals surface area contributed by atoms with Crippen LogP contribution in [0, 0.1) is 0 Å². The average molecular weight is 307 g/mol. The third kappa shape index (κ3) is 2.45. The SMILES string of the molecule is O=C(Nc1ccc(Cl)c(Cl)c1)c1cc2ncccn2n1. The molecule has 0 aliphatic heterocycles. The normalized spacial score (nSPS) is 10.7. The Bertz CT molecular complexity index is 767. The second-order valence-electron chi connectivity index (χ2n) is 4.04. The molecule has 0 bridgehead atoms. The van der Waals surface area contributed by atoms with Gasteiger partial charge in [0.1, 0.15) is 0 Å². The van der Waals surface area contributed by atoms with E-state index in [4.69, 9.17) is 23.2 Å². The van der Waals surface area contributed by atoms with Gasteiger partial charge in [-0.05, 0) is 24.3 Å². The molecule has 0 saturated carbocycles. The number of rotatable bonds is 2. The molecule has 0 radical (unpaired) electrons. The van der Waals surface area contributed by atoms with Gasteiger partial charge >= 0.3 is 0 Å². The van der Waals surface area contributed by atoms with Crippen LogP contribution in [0.4, 0.5) is 5.69 Å². The first-order valence-corrected chi connectivity index (χ1v) is 6.46. The highest BCUT2D eigenvalue weighted by Gasteiger charge is 2.12. The number of nitrogens with zero attached hydrogens (tertiary/aromatic N) is 3. The standard InChI is InChI=1S/C13H8Cl2N4O/c14-9-3-2-8(6-10(9)15)17-13(20)11-7-12-16-4-1-5-19(12)18-11/h1-7H,(H,17,20). The first-order chi connectivity index (χ1) is 9.63. The molecule has 2 heterocycles. The second-order valence-corrected chi connectivity index (χ2v) is 4.85. The van der Waals surface area contributed by atoms with Crippen molar-refractivity contribution in [2.24, 2.45) is 0 Å². The van der Waals surface area contributed by atoms with Gasteiger partial charge < -0.3 is 5.32 Å². The first-order valence-electron chi connectivity index (χ1n) is 5.70. The van der Waals surface area contributed by atoms with Crippen molar-refractivity contribution in [2.45, 2.75) is 0 Å². The predicted octanol–water partition coefficient (Wildman–Crippen LogP) is 3.29. The number of amides is 1. The van der Waals surface area contributed by atoms with Crippen LogP contribution >= 0.6 is 23.2 Å². The predicted molar refractivity (Wildman–Crippen MR) is 77.4 cm³/mol. The summed E-state index contributed by atoms with van der Waals surface area (Å²) in [7, 11) is 0. The summed E-state index contributed by atoms with van der Waals surface area (Å²) in [5.74, 6) is -0.339. The summed E-state index contributed by atoms with van der Waals surface area (Å²) in [5, 5.41) is 7.64. The minimum absolute atomic E-state index is 0.273. The maximum absolute atomic E-state index is 12.1. The number of fused-ring (bicyclic) bond motifs is 1. The summed E-state index contributed by atoms with van der Waals surface area (Å²) in [6.45, 7) is 0. The van der Waals surface area contributed by atoms with Crippen LogP contribution in [-0.4, -0.2) is 20.5 Å². The van der Waals surface area contributed by atoms with Crippen molar-refractivity contribution >= 4 is 40.4 Å². The lowest BCUT2D eigenvalue weighted by Gasteiger charge is -2.04. The molecule has 1 amide bonds. The summed E-state index contributed by atoms with van der Waals surface area (Å²) in [4.78, 5) is 16.2. The number of carbonyl (C=O) groups is 1. The van der Waals surface area contributed by atoms with Crippen LogP contribution in [0.3, 0.4) is 0 Å². The van der Waals surface area contributed by atoms with E-state index in [-0.39, 0.29) is 11.6 Å². The molecule has 0 unspecified atom stereocenters. The van der Waals surface area contributed by atoms with E-state index in [1.54, 1.807) is 42.7 Å². The van der Waals surface area contributed by atoms with Gasteiger partial charge in [0.25, 0.3) is 5.91 Å². The Labute approximate surface area is 124 Å². The fourth-order valence-corrected chi connectivity index (χ4v) is 2.01. The van der Waals surface area contributed by atoms with E-state index < -0.39 is 0 Å². The molecule has 100 valence electrons. The van der Waals surface area contributed by atoms with Crippen molar-refractivity contribution in [3.05, 3.63) is 58.5 Å². The number of halogens is 2. The van der Waals surface area contributed by atoms with E-state index in [1.807, 2.05) is 0 Å². The molecule has 0 saturated heterocycles. The summed E-state index contributed by atoms with van der Waals surface area (Å²) in [5.41, 5.74) is 1.43. The molecule has 5 nitrogen and oxygen atoms in total. The molecule has 1 N–H and O–H groups in total. The van der Waals surface area contributed by atoms with Crippen molar-refractivity contribution in [3.8, 4) is 0 Å². The number of nitrogens with one attached hydrogen (secondary N) is 1. The van der Waals surface area contributed by atoms with E-state index in [2.05, 4.69) is 15.4 Å². The summed E-state index contributed by atoms with van der Waals surface area (Å²) in [6.07, 6.45) is 3.36. The van der Waals surface area contributed by atoms with Gasteiger partial charge in [-0.2, -0.15) is 5.10 Å². The Balaban J connectivity index is 1.86. The van der Waals surface area contributed by atoms with Gasteiger partial charge in [0.05, 0.1) is 10.0 Å². The van der Waals surface area contributed by atoms with E-state index in [0.29, 0.717) is 21.4 Å². The molecular formula is C13H8Cl2N4O. The van der Waals surface area contributed by atoms with Gasteiger partial charge in [-0.1, -0.05) is 23.2 Å². The monoisotopic (exact) mass is 306 g/mol. The molecule has 0 atom stereocenters. The molecule has 1 aromatic carbocycles. The van der Waals surface area contributed by atoms with E-state index >= 15 is 0 Å². The number of anilines is 1. The van der Waals surface area contributed by atoms with Crippen molar-refractivity contribution in [1.82, 2.24) is 14.6 Å². The highest BCUT2D eigenvalue weighted by Crippen LogP contribution is 2.25. The number of benzene rings is 1. The third-order valence-corrected chi connectivity index (χ3v) is 3.39. The molecular weight excluding hydrogens is 299 g/mol. The highest BCUT2D eigenvalue weighted by atomic mass is 35.5. The second kappa shape index (κ2) is 5.11. The minimum atomic E-state index is -0.339. The zero-order chi connectivity index (χ0) is 14.1. The van der Waals surface area contributed by atoms with Gasteiger partial charge in [-0.25, -0.2) is 9.50 Å². The maximum Gasteiger partial charge on any atom is 0.276 e. The number of hydrogen-bond donors (Lipinski definition) is 1. The number of hydrogen-bond acceptors (Lipinski definition) is 3. The van der Waals surface area contributed by atoms with Gasteiger partial charge in [0.2, 0.25) is 0 Å². The van der Waals surface area contributed by atoms with Crippen LogP contribution in [0.2, 0.25) is 10.0 Å². The van der Waals surface area contributed by atoms with Crippen molar-refractivity contribution in [1.29, 1.82) is 0 Å². The average Bonchev–Trinajstić information content (AvgIpc) is 2.87. The van der Waals surface area contributed by atoms with Crippen molar-refractivity contribution < 1.29 is 4.79 Å². The molecule has 0 fully saturated rings. The summed E-state index contributed by atoms with van der Waals surface area (Å²) < 4.78 is 1.53. The molecule has 7 heteroatoms. The number of aromatic nitrogens is 3. The number of carbonyl (C=O) groups excluding carboxylic acids is 1. The fourth-order valence-electron chi connectivity index (χ4n) is 1.71. The summed E-state index contributed by atoms with van der Waals surface area (Å²) in [6, 6.07) is 8.20. The molecule has 0 aliphatic rings. The molecule has 20 heavy (non-hydrogen) atoms. The maximum atomic E-state index is 12.1. The Hall–Kier alpha value is -2.11. The Morgan fingerprint density at radius 1 is 1.20 bits per heavy atom. The van der Waals surface area contributed by atoms with Crippen LogP contribution in [0.15, 0.2) is 42.7 Å². The lowest BCUT2D eigenvalue weighted by Crippen LogP contribution is -2.12. The first kappa shape index (κ1) is 12.9. The molecule has 3 aromatic rings. The van der Waals surface area contributed by atoms with Crippen LogP contribution in [0.1, 0.15) is 10.5 Å². The van der Waals surface area contributed by atoms with E-state index in [0.717, 1.165) is 0 Å². The van der Waals surface area contributed by atoms with Gasteiger partial charge in [-0.3, -0.25) is 4.79 Å². The lowest BCUT2D eigenvalue weighted by atomic mass is 10.3. The van der Waals surface area contributed by atoms with Crippen LogP contribution < -0.4 is 5.32 Å². The van der Waals surface area contributed by atoms with Crippen molar-refractivity contribution in [3.63, 3.8) is 0 Å². The van der Waals surface area contributed by atoms with Crippen molar-refractivity contribution in [2.75, 3.05) is 5.32 Å². The lowest BCUT2D eigenvalue weighted by molar-refractivity contribution is 0.102. The summed E-state index contributed by atoms with van der Waals surface area (Å²) >= 11 is 11.7. The van der Waals surface area contributed by atoms with Gasteiger partial charge in [0.15, 0.2) is 11.3 Å². The van der Waals surface area contributed by atoms with E-state index in [9.17, 15) is 4.79 Å². The zero-order valence-corrected chi connectivity index (χ0v) is 11.6. The van der Waals surface area contributed by atoms with Crippen LogP contribution in [0.25, 0.3) is 5.65 Å². The van der Waals surface area contributed by atoms with Gasteiger partial charge in [0, 0.05) is 24.1 Å². The molecule has 0 aliphatic carbocycles. The fraction of sp³-hybridized carbons (Fsp3) is 0. The Morgan fingerprint density at radius 2 is 2.05 bits per heavy atom. The molecule has 3 rings (SSSR count). The minimum Gasteiger partial charge on any atom is -0.321 e. The molecule has 2 aromatic heterocycles. The van der Waals surface area contributed by atoms with Crippen LogP contribution in [-0.2, 0) is 0 Å². The largest absolute Gasteiger partial charge is 0.321 e.